The molecular weight excluding hydrogens is 503 g/mol. The molecule has 0 radical (unpaired) electrons. The van der Waals surface area contributed by atoms with Gasteiger partial charge in [-0.25, -0.2) is 17.5 Å². The third-order valence-corrected chi connectivity index (χ3v) is 9.85. The van der Waals surface area contributed by atoms with Crippen LogP contribution in [0.1, 0.15) is 22.6 Å². The molecule has 0 bridgehead atoms. The van der Waals surface area contributed by atoms with Crippen molar-refractivity contribution in [3.8, 4) is 5.69 Å². The van der Waals surface area contributed by atoms with E-state index < -0.39 is 10.0 Å². The third-order valence-electron chi connectivity index (χ3n) is 8.18. The van der Waals surface area contributed by atoms with E-state index in [0.29, 0.717) is 13.1 Å². The molecule has 1 saturated carbocycles. The summed E-state index contributed by atoms with van der Waals surface area (Å²) in [6, 6.07) is 20.9. The number of rotatable bonds is 5. The largest absolute Gasteiger partial charge is 0.264 e. The SMILES string of the molecule is Cc1cc2c(cnn2-c2ccc(F)cc2)cc1[C@]12CN(S(=O)(=O)c3cnn(C)n3)C[C@H]1[C@@H]2c1ccccc1. The van der Waals surface area contributed by atoms with E-state index in [4.69, 9.17) is 0 Å². The average Bonchev–Trinajstić information content (AvgIpc) is 3.34. The minimum atomic E-state index is -3.77. The quantitative estimate of drug-likeness (QED) is 0.345. The molecule has 38 heavy (non-hydrogen) atoms. The first kappa shape index (κ1) is 23.2. The number of sulfonamides is 1. The molecule has 3 atom stereocenters. The fourth-order valence-corrected chi connectivity index (χ4v) is 7.86. The average molecular weight is 529 g/mol. The van der Waals surface area contributed by atoms with E-state index in [9.17, 15) is 12.8 Å². The summed E-state index contributed by atoms with van der Waals surface area (Å²) >= 11 is 0. The van der Waals surface area contributed by atoms with Crippen LogP contribution in [0.25, 0.3) is 16.6 Å². The lowest BCUT2D eigenvalue weighted by Crippen LogP contribution is -2.35. The van der Waals surface area contributed by atoms with Gasteiger partial charge in [-0.1, -0.05) is 30.3 Å². The molecule has 192 valence electrons. The van der Waals surface area contributed by atoms with Gasteiger partial charge in [0.15, 0.2) is 0 Å². The number of hydrogen-bond acceptors (Lipinski definition) is 5. The van der Waals surface area contributed by atoms with Gasteiger partial charge >= 0.3 is 0 Å². The first-order valence-corrected chi connectivity index (χ1v) is 13.9. The van der Waals surface area contributed by atoms with Gasteiger partial charge in [-0.3, -0.25) is 0 Å². The van der Waals surface area contributed by atoms with Crippen molar-refractivity contribution in [2.24, 2.45) is 13.0 Å². The highest BCUT2D eigenvalue weighted by atomic mass is 32.2. The Balaban J connectivity index is 1.33. The fourth-order valence-electron chi connectivity index (χ4n) is 6.45. The van der Waals surface area contributed by atoms with E-state index in [1.165, 1.54) is 28.7 Å². The summed E-state index contributed by atoms with van der Waals surface area (Å²) in [4.78, 5) is 1.27. The molecule has 3 heterocycles. The summed E-state index contributed by atoms with van der Waals surface area (Å²) in [6.45, 7) is 2.86. The number of piperidine rings is 1. The summed E-state index contributed by atoms with van der Waals surface area (Å²) in [6.07, 6.45) is 3.12. The van der Waals surface area contributed by atoms with Crippen LogP contribution < -0.4 is 0 Å². The second-order valence-corrected chi connectivity index (χ2v) is 12.1. The van der Waals surface area contributed by atoms with Gasteiger partial charge in [-0.2, -0.15) is 19.3 Å². The van der Waals surface area contributed by atoms with Crippen LogP contribution in [0, 0.1) is 18.7 Å². The van der Waals surface area contributed by atoms with Crippen LogP contribution in [0.2, 0.25) is 0 Å². The number of benzene rings is 3. The van der Waals surface area contributed by atoms with Gasteiger partial charge < -0.3 is 0 Å². The standard InChI is InChI=1S/C28H25FN6O2S/c1-18-12-25-20(14-31-35(25)22-10-8-21(29)9-11-22)13-23(18)28-17-34(38(36,37)26-15-30-33(2)32-26)16-24(28)27(28)19-6-4-3-5-7-19/h3-15,24,27H,16-17H2,1-2H3/t24-,27-,28+/m0/s1. The van der Waals surface area contributed by atoms with Gasteiger partial charge in [-0.05, 0) is 65.9 Å². The van der Waals surface area contributed by atoms with Crippen molar-refractivity contribution in [2.75, 3.05) is 13.1 Å². The Bertz CT molecular complexity index is 1800. The Morgan fingerprint density at radius 3 is 2.47 bits per heavy atom. The molecule has 10 heteroatoms. The molecule has 0 spiro atoms. The molecular formula is C28H25FN6O2S. The Kier molecular flexibility index (Phi) is 4.93. The maximum Gasteiger partial charge on any atom is 0.264 e. The smallest absolute Gasteiger partial charge is 0.233 e. The van der Waals surface area contributed by atoms with Crippen LogP contribution in [-0.2, 0) is 22.5 Å². The number of aryl methyl sites for hydroxylation is 2. The van der Waals surface area contributed by atoms with E-state index in [1.54, 1.807) is 23.5 Å². The lowest BCUT2D eigenvalue weighted by atomic mass is 9.87. The monoisotopic (exact) mass is 528 g/mol. The molecule has 5 aromatic rings. The summed E-state index contributed by atoms with van der Waals surface area (Å²) in [7, 11) is -2.16. The summed E-state index contributed by atoms with van der Waals surface area (Å²) in [5, 5.41) is 13.6. The topological polar surface area (TPSA) is 85.9 Å². The van der Waals surface area contributed by atoms with Crippen LogP contribution in [0.3, 0.4) is 0 Å². The predicted octanol–water partition coefficient (Wildman–Crippen LogP) is 3.96. The van der Waals surface area contributed by atoms with E-state index >= 15 is 0 Å². The molecule has 0 unspecified atom stereocenters. The zero-order valence-corrected chi connectivity index (χ0v) is 21.7. The van der Waals surface area contributed by atoms with Crippen molar-refractivity contribution in [1.29, 1.82) is 0 Å². The molecule has 0 amide bonds. The van der Waals surface area contributed by atoms with Gasteiger partial charge in [0.25, 0.3) is 10.0 Å². The Hall–Kier alpha value is -3.89. The van der Waals surface area contributed by atoms with Crippen molar-refractivity contribution >= 4 is 20.9 Å². The Labute approximate surface area is 219 Å². The number of hydrogen-bond donors (Lipinski definition) is 0. The zero-order chi connectivity index (χ0) is 26.2. The van der Waals surface area contributed by atoms with Crippen molar-refractivity contribution in [3.05, 3.63) is 102 Å². The van der Waals surface area contributed by atoms with Crippen LogP contribution in [-0.4, -0.2) is 50.6 Å². The van der Waals surface area contributed by atoms with Crippen LogP contribution >= 0.6 is 0 Å². The molecule has 1 saturated heterocycles. The van der Waals surface area contributed by atoms with Gasteiger partial charge in [0.2, 0.25) is 5.03 Å². The van der Waals surface area contributed by atoms with Crippen molar-refractivity contribution in [2.45, 2.75) is 23.3 Å². The van der Waals surface area contributed by atoms with Gasteiger partial charge in [0.1, 0.15) is 5.82 Å². The molecule has 7 rings (SSSR count). The molecule has 3 aromatic carbocycles. The summed E-state index contributed by atoms with van der Waals surface area (Å²) in [5.41, 5.74) is 4.77. The zero-order valence-electron chi connectivity index (χ0n) is 20.9. The second-order valence-electron chi connectivity index (χ2n) is 10.3. The maximum absolute atomic E-state index is 13.5. The number of aromatic nitrogens is 5. The van der Waals surface area contributed by atoms with Crippen molar-refractivity contribution in [3.63, 3.8) is 0 Å². The van der Waals surface area contributed by atoms with E-state index in [2.05, 4.69) is 46.5 Å². The number of nitrogens with zero attached hydrogens (tertiary/aromatic N) is 6. The summed E-state index contributed by atoms with van der Waals surface area (Å²) in [5.74, 6) is 0.0525. The van der Waals surface area contributed by atoms with E-state index in [1.807, 2.05) is 29.1 Å². The third kappa shape index (κ3) is 3.30. The fraction of sp³-hybridized carbons (Fsp3) is 0.250. The maximum atomic E-state index is 13.5. The first-order chi connectivity index (χ1) is 18.3. The molecule has 0 N–H and O–H groups in total. The van der Waals surface area contributed by atoms with Gasteiger partial charge in [-0.15, -0.1) is 5.10 Å². The molecule has 2 fully saturated rings. The van der Waals surface area contributed by atoms with Gasteiger partial charge in [0.05, 0.1) is 23.6 Å². The summed E-state index contributed by atoms with van der Waals surface area (Å²) < 4.78 is 43.8. The molecule has 8 nitrogen and oxygen atoms in total. The molecule has 2 aromatic heterocycles. The highest BCUT2D eigenvalue weighted by Gasteiger charge is 2.71. The predicted molar refractivity (Wildman–Crippen MR) is 140 cm³/mol. The van der Waals surface area contributed by atoms with Crippen LogP contribution in [0.15, 0.2) is 84.1 Å². The highest BCUT2D eigenvalue weighted by Crippen LogP contribution is 2.70. The normalized spacial score (nSPS) is 23.1. The Morgan fingerprint density at radius 2 is 1.76 bits per heavy atom. The lowest BCUT2D eigenvalue weighted by molar-refractivity contribution is 0.418. The van der Waals surface area contributed by atoms with E-state index in [-0.39, 0.29) is 28.1 Å². The number of fused-ring (bicyclic) bond motifs is 2. The molecule has 1 aliphatic carbocycles. The van der Waals surface area contributed by atoms with Crippen molar-refractivity contribution < 1.29 is 12.8 Å². The van der Waals surface area contributed by atoms with E-state index in [0.717, 1.165) is 27.7 Å². The minimum Gasteiger partial charge on any atom is -0.233 e. The van der Waals surface area contributed by atoms with Crippen LogP contribution in [0.4, 0.5) is 4.39 Å². The van der Waals surface area contributed by atoms with Crippen LogP contribution in [0.5, 0.6) is 0 Å². The molecule has 2 aliphatic rings. The highest BCUT2D eigenvalue weighted by molar-refractivity contribution is 7.89. The second kappa shape index (κ2) is 8.05. The molecule has 1 aliphatic heterocycles. The van der Waals surface area contributed by atoms with Crippen molar-refractivity contribution in [1.82, 2.24) is 29.1 Å². The number of halogens is 1. The first-order valence-electron chi connectivity index (χ1n) is 12.5. The minimum absolute atomic E-state index is 0.0274. The van der Waals surface area contributed by atoms with Gasteiger partial charge in [0, 0.05) is 36.9 Å². The lowest BCUT2D eigenvalue weighted by Gasteiger charge is -2.24. The Morgan fingerprint density at radius 1 is 1.00 bits per heavy atom.